The number of nitrogens with zero attached hydrogens (tertiary/aromatic N) is 1. The molecule has 0 radical (unpaired) electrons. The Morgan fingerprint density at radius 3 is 2.75 bits per heavy atom. The van der Waals surface area contributed by atoms with Crippen molar-refractivity contribution in [1.29, 1.82) is 0 Å². The molecule has 0 aliphatic heterocycles. The summed E-state index contributed by atoms with van der Waals surface area (Å²) in [5.41, 5.74) is 0.227. The molecule has 0 heterocycles. The Morgan fingerprint density at radius 2 is 2.25 bits per heavy atom. The first kappa shape index (κ1) is 11.7. The number of nitro benzene ring substituents is 1. The van der Waals surface area contributed by atoms with Crippen molar-refractivity contribution in [2.24, 2.45) is 0 Å². The van der Waals surface area contributed by atoms with Gasteiger partial charge in [0, 0.05) is 12.1 Å². The van der Waals surface area contributed by atoms with Gasteiger partial charge in [-0.1, -0.05) is 6.07 Å². The van der Waals surface area contributed by atoms with Crippen molar-refractivity contribution in [3.05, 3.63) is 40.0 Å². The number of hydrogen-bond donors (Lipinski definition) is 1. The minimum atomic E-state index is -1.11. The summed E-state index contributed by atoms with van der Waals surface area (Å²) >= 11 is 0. The molecule has 0 aliphatic rings. The van der Waals surface area contributed by atoms with E-state index in [0.29, 0.717) is 5.56 Å². The lowest BCUT2D eigenvalue weighted by atomic mass is 10.1. The molecule has 0 unspecified atom stereocenters. The van der Waals surface area contributed by atoms with Crippen LogP contribution in [0.25, 0.3) is 6.08 Å². The highest BCUT2D eigenvalue weighted by Crippen LogP contribution is 2.27. The molecule has 0 saturated heterocycles. The Hall–Kier alpha value is -2.37. The van der Waals surface area contributed by atoms with Crippen molar-refractivity contribution in [2.75, 3.05) is 7.11 Å². The van der Waals surface area contributed by atoms with Gasteiger partial charge in [0.25, 0.3) is 0 Å². The average molecular weight is 223 g/mol. The summed E-state index contributed by atoms with van der Waals surface area (Å²) in [4.78, 5) is 20.3. The molecule has 6 heteroatoms. The Morgan fingerprint density at radius 1 is 1.56 bits per heavy atom. The second-order valence-electron chi connectivity index (χ2n) is 2.86. The molecule has 1 aromatic rings. The van der Waals surface area contributed by atoms with Gasteiger partial charge in [0.1, 0.15) is 0 Å². The quantitative estimate of drug-likeness (QED) is 0.476. The maximum absolute atomic E-state index is 10.7. The normalized spacial score (nSPS) is 10.3. The standard InChI is InChI=1S/C10H9NO5/c1-16-9-4-2-7(3-5-10(12)13)6-8(9)11(14)15/h2-6H,1H3,(H,12,13)/b5-3-. The first-order chi connectivity index (χ1) is 7.54. The Kier molecular flexibility index (Phi) is 3.60. The number of hydrogen-bond acceptors (Lipinski definition) is 4. The second kappa shape index (κ2) is 4.92. The van der Waals surface area contributed by atoms with Gasteiger partial charge < -0.3 is 9.84 Å². The van der Waals surface area contributed by atoms with Crippen LogP contribution in [0.15, 0.2) is 24.3 Å². The van der Waals surface area contributed by atoms with Crippen molar-refractivity contribution in [1.82, 2.24) is 0 Å². The second-order valence-corrected chi connectivity index (χ2v) is 2.86. The van der Waals surface area contributed by atoms with Crippen LogP contribution >= 0.6 is 0 Å². The van der Waals surface area contributed by atoms with Crippen LogP contribution in [0.5, 0.6) is 5.75 Å². The smallest absolute Gasteiger partial charge is 0.328 e. The molecule has 0 spiro atoms. The van der Waals surface area contributed by atoms with E-state index >= 15 is 0 Å². The van der Waals surface area contributed by atoms with Crippen molar-refractivity contribution in [3.63, 3.8) is 0 Å². The summed E-state index contributed by atoms with van der Waals surface area (Å²) < 4.78 is 4.81. The van der Waals surface area contributed by atoms with E-state index in [-0.39, 0.29) is 11.4 Å². The Labute approximate surface area is 90.9 Å². The molecule has 0 fully saturated rings. The maximum Gasteiger partial charge on any atom is 0.328 e. The molecule has 6 nitrogen and oxygen atoms in total. The number of carboxylic acid groups (broad SMARTS) is 1. The van der Waals surface area contributed by atoms with Crippen LogP contribution in [0, 0.1) is 10.1 Å². The molecule has 1 N–H and O–H groups in total. The molecule has 0 bridgehead atoms. The summed E-state index contributed by atoms with van der Waals surface area (Å²) in [6, 6.07) is 4.20. The monoisotopic (exact) mass is 223 g/mol. The van der Waals surface area contributed by atoms with E-state index in [2.05, 4.69) is 0 Å². The number of carboxylic acids is 1. The van der Waals surface area contributed by atoms with Crippen LogP contribution < -0.4 is 4.74 Å². The molecule has 0 aromatic heterocycles. The number of nitro groups is 1. The predicted octanol–water partition coefficient (Wildman–Crippen LogP) is 1.70. The molecular weight excluding hydrogens is 214 g/mol. The van der Waals surface area contributed by atoms with Gasteiger partial charge in [-0.3, -0.25) is 10.1 Å². The third kappa shape index (κ3) is 2.81. The first-order valence-electron chi connectivity index (χ1n) is 4.28. The zero-order chi connectivity index (χ0) is 12.1. The van der Waals surface area contributed by atoms with E-state index < -0.39 is 10.9 Å². The summed E-state index contributed by atoms with van der Waals surface area (Å²) in [6.45, 7) is 0. The third-order valence-electron chi connectivity index (χ3n) is 1.82. The summed E-state index contributed by atoms with van der Waals surface area (Å²) in [5, 5.41) is 19.1. The van der Waals surface area contributed by atoms with E-state index in [0.717, 1.165) is 6.08 Å². The fraction of sp³-hybridized carbons (Fsp3) is 0.100. The minimum absolute atomic E-state index is 0.137. The van der Waals surface area contributed by atoms with Crippen molar-refractivity contribution in [2.45, 2.75) is 0 Å². The molecule has 1 rings (SSSR count). The summed E-state index contributed by atoms with van der Waals surface area (Å²) in [6.07, 6.45) is 2.18. The number of methoxy groups -OCH3 is 1. The highest BCUT2D eigenvalue weighted by molar-refractivity contribution is 5.85. The molecule has 0 saturated carbocycles. The largest absolute Gasteiger partial charge is 0.490 e. The van der Waals surface area contributed by atoms with Gasteiger partial charge in [-0.2, -0.15) is 0 Å². The van der Waals surface area contributed by atoms with E-state index in [1.165, 1.54) is 31.4 Å². The zero-order valence-electron chi connectivity index (χ0n) is 8.41. The number of rotatable bonds is 4. The van der Waals surface area contributed by atoms with Gasteiger partial charge in [0.15, 0.2) is 5.75 Å². The van der Waals surface area contributed by atoms with Crippen molar-refractivity contribution >= 4 is 17.7 Å². The molecule has 0 amide bonds. The highest BCUT2D eigenvalue weighted by atomic mass is 16.6. The van der Waals surface area contributed by atoms with Gasteiger partial charge in [0.05, 0.1) is 12.0 Å². The zero-order valence-corrected chi connectivity index (χ0v) is 8.41. The SMILES string of the molecule is COc1ccc(/C=C\C(=O)O)cc1[N+](=O)[O-]. The van der Waals surface area contributed by atoms with E-state index in [9.17, 15) is 14.9 Å². The topological polar surface area (TPSA) is 89.7 Å². The van der Waals surface area contributed by atoms with Crippen LogP contribution in [0.2, 0.25) is 0 Å². The van der Waals surface area contributed by atoms with Crippen molar-refractivity contribution in [3.8, 4) is 5.75 Å². The number of benzene rings is 1. The predicted molar refractivity (Wildman–Crippen MR) is 56.3 cm³/mol. The summed E-state index contributed by atoms with van der Waals surface area (Å²) in [5.74, 6) is -0.976. The fourth-order valence-electron chi connectivity index (χ4n) is 1.12. The van der Waals surface area contributed by atoms with Crippen LogP contribution in [-0.4, -0.2) is 23.1 Å². The molecule has 1 aromatic carbocycles. The minimum Gasteiger partial charge on any atom is -0.490 e. The molecular formula is C10H9NO5. The Bertz CT molecular complexity index is 453. The molecule has 0 aliphatic carbocycles. The third-order valence-corrected chi connectivity index (χ3v) is 1.82. The lowest BCUT2D eigenvalue weighted by molar-refractivity contribution is -0.385. The maximum atomic E-state index is 10.7. The lowest BCUT2D eigenvalue weighted by Gasteiger charge is -2.01. The van der Waals surface area contributed by atoms with Gasteiger partial charge in [0.2, 0.25) is 0 Å². The highest BCUT2D eigenvalue weighted by Gasteiger charge is 2.14. The average Bonchev–Trinajstić information content (AvgIpc) is 2.25. The first-order valence-corrected chi connectivity index (χ1v) is 4.28. The van der Waals surface area contributed by atoms with Crippen LogP contribution in [0.1, 0.15) is 5.56 Å². The number of carbonyl (C=O) groups is 1. The Balaban J connectivity index is 3.12. The molecule has 0 atom stereocenters. The molecule has 16 heavy (non-hydrogen) atoms. The number of ether oxygens (including phenoxy) is 1. The van der Waals surface area contributed by atoms with E-state index in [1.54, 1.807) is 0 Å². The van der Waals surface area contributed by atoms with E-state index in [4.69, 9.17) is 9.84 Å². The van der Waals surface area contributed by atoms with Gasteiger partial charge in [-0.05, 0) is 17.7 Å². The van der Waals surface area contributed by atoms with E-state index in [1.807, 2.05) is 0 Å². The van der Waals surface area contributed by atoms with Gasteiger partial charge in [-0.25, -0.2) is 4.79 Å². The molecule has 84 valence electrons. The van der Waals surface area contributed by atoms with Gasteiger partial charge in [-0.15, -0.1) is 0 Å². The van der Waals surface area contributed by atoms with Crippen molar-refractivity contribution < 1.29 is 19.6 Å². The fourth-order valence-corrected chi connectivity index (χ4v) is 1.12. The summed E-state index contributed by atoms with van der Waals surface area (Å²) in [7, 11) is 1.33. The van der Waals surface area contributed by atoms with Crippen LogP contribution in [0.4, 0.5) is 5.69 Å². The van der Waals surface area contributed by atoms with Gasteiger partial charge >= 0.3 is 11.7 Å². The van der Waals surface area contributed by atoms with Crippen LogP contribution in [-0.2, 0) is 4.79 Å². The lowest BCUT2D eigenvalue weighted by Crippen LogP contribution is -1.94. The van der Waals surface area contributed by atoms with Crippen LogP contribution in [0.3, 0.4) is 0 Å². The number of aliphatic carboxylic acids is 1.